The molecule has 8 aromatic carbocycles. The van der Waals surface area contributed by atoms with E-state index in [9.17, 15) is 38.2 Å². The Kier molecular flexibility index (Phi) is 48.4. The van der Waals surface area contributed by atoms with E-state index in [0.29, 0.717) is 75.6 Å². The Morgan fingerprint density at radius 1 is 0.542 bits per heavy atom. The molecule has 2 N–H and O–H groups in total. The number of fused-ring (bicyclic) bond motifs is 3. The Hall–Kier alpha value is -5.59. The van der Waals surface area contributed by atoms with Gasteiger partial charge in [0.2, 0.25) is 5.60 Å². The fourth-order valence-electron chi connectivity index (χ4n) is 17.2. The van der Waals surface area contributed by atoms with Crippen molar-refractivity contribution in [2.45, 2.75) is 178 Å². The van der Waals surface area contributed by atoms with Crippen molar-refractivity contribution in [3.05, 3.63) is 257 Å². The van der Waals surface area contributed by atoms with Crippen LogP contribution in [0.15, 0.2) is 150 Å². The van der Waals surface area contributed by atoms with E-state index in [1.165, 1.54) is 51.5 Å². The number of methoxy groups -OCH3 is 3. The van der Waals surface area contributed by atoms with Gasteiger partial charge in [-0.25, -0.2) is 40.7 Å². The molecule has 8 aromatic rings. The molecule has 0 amide bonds. The Balaban J connectivity index is 0.000000211. The van der Waals surface area contributed by atoms with Crippen molar-refractivity contribution >= 4 is 173 Å². The molecular weight excluding hydrogens is 2540 g/mol. The van der Waals surface area contributed by atoms with Gasteiger partial charge in [-0.15, -0.1) is 0 Å². The van der Waals surface area contributed by atoms with Crippen LogP contribution in [-0.2, 0) is 96.0 Å². The molecule has 16 rings (SSSR count). The molecule has 41 heteroatoms. The van der Waals surface area contributed by atoms with E-state index in [0.717, 1.165) is 89.7 Å². The first-order valence-corrected chi connectivity index (χ1v) is 58.7. The summed E-state index contributed by atoms with van der Waals surface area (Å²) in [5.74, 6) is -8.87. The molecule has 778 valence electrons. The van der Waals surface area contributed by atoms with Crippen LogP contribution >= 0.6 is 136 Å². The zero-order valence-electron chi connectivity index (χ0n) is 81.1. The summed E-state index contributed by atoms with van der Waals surface area (Å²) in [6.45, 7) is 17.2. The van der Waals surface area contributed by atoms with Gasteiger partial charge in [0.05, 0.1) is 101 Å². The molecule has 1 radical (unpaired) electrons. The third-order valence-electron chi connectivity index (χ3n) is 25.0. The number of carbonyl (C=O) groups is 4. The second kappa shape index (κ2) is 57.2. The molecule has 4 saturated heterocycles. The van der Waals surface area contributed by atoms with Crippen LogP contribution in [0.2, 0.25) is 15.1 Å². The minimum Gasteiger partial charge on any atom is 0 e. The number of aliphatic hydroxyl groups is 2. The van der Waals surface area contributed by atoms with E-state index in [1.807, 2.05) is 52.8 Å². The molecule has 9 atom stereocenters. The number of allylic oxidation sites excluding steroid dienone is 4. The van der Waals surface area contributed by atoms with Crippen molar-refractivity contribution in [2.24, 2.45) is 0 Å². The van der Waals surface area contributed by atoms with Gasteiger partial charge < -0.3 is 141 Å². The molecule has 7 aliphatic heterocycles. The average molecular weight is 2650 g/mol. The summed E-state index contributed by atoms with van der Waals surface area (Å²) in [5.41, 5.74) is -2.56. The molecule has 0 aromatic heterocycles. The van der Waals surface area contributed by atoms with Crippen LogP contribution in [0.3, 0.4) is 0 Å². The van der Waals surface area contributed by atoms with E-state index in [4.69, 9.17) is 110 Å². The number of halogens is 14. The maximum atomic E-state index is 16.3. The van der Waals surface area contributed by atoms with Crippen LogP contribution in [0.1, 0.15) is 190 Å². The number of carbonyl (C=O) groups excluding carboxylic acids is 4. The summed E-state index contributed by atoms with van der Waals surface area (Å²) < 4.78 is 189. The molecular formula is C103H111BBrCl3F6I4NO23V2-. The molecule has 24 nitrogen and oxygen atoms in total. The van der Waals surface area contributed by atoms with E-state index < -0.39 is 116 Å². The fourth-order valence-corrected chi connectivity index (χ4v) is 18.4. The van der Waals surface area contributed by atoms with Gasteiger partial charge in [-0.2, -0.15) is 23.0 Å². The maximum Gasteiger partial charge on any atom is 0 e. The second-order valence-electron chi connectivity index (χ2n) is 34.3. The quantitative estimate of drug-likeness (QED) is 0.00707. The first-order chi connectivity index (χ1) is 68.4. The molecule has 0 bridgehead atoms. The third-order valence-corrected chi connectivity index (χ3v) is 26.9. The zero-order chi connectivity index (χ0) is 104. The van der Waals surface area contributed by atoms with Crippen molar-refractivity contribution in [1.82, 2.24) is 0 Å². The molecule has 0 spiro atoms. The normalized spacial score (nSPS) is 21.3. The number of hydrogen-bond donors (Lipinski definition) is 2. The van der Waals surface area contributed by atoms with Crippen LogP contribution in [0.25, 0.3) is 27.6 Å². The largest absolute Gasteiger partial charge is 0 e. The standard InChI is InChI=1S/C31H31ClF2O7.C31H29ClF2O7.C22H24BClFO4.C15H18BrFO5.C2H3I2.C2H6N.2HI.2V/c2*1-18-25-23(41-31(18,17-35)19-8-4-3-5-9-19)16-21(33)28(32)27(25)26-20(30(36)37-2)11-12-22(29(26)34)38-14-15-40-24-10-6-7-13-39-24;1-13-17-16(27-22(13,12-26)14-9-7-6-8-10-14)11-15(25)19(24)18(17)23-28-20(2,3)21(4,5)29-23;1-19-15(18)10-5-6-11(14(17)13(10)16)20-8-9-22-12-4-2-3-7-21-12;1-2(3)4;1-3-2;;;;/h3-5,8-9,11-12,16,18,24,35H,6-7,10,13-15,17H2,1-2H3;3-5,8-9,11-12,16-18,24H,6-7,10,13-15H2,1-2H3;6-7,9-11,13,26H,12H2,1-5H3;5-6,12H,2-4,7-9H2,1H3;1H3;1-2H3;2*1H;;/q;;+1;;2*-1;;;;+2/p-2/t2*18-,24?,31-;13-,22-;;;;;;;/m000......./s1. The molecule has 7 heterocycles. The van der Waals surface area contributed by atoms with Gasteiger partial charge in [-0.1, -0.05) is 116 Å². The minimum atomic E-state index is -1.54. The number of esters is 3. The Morgan fingerprint density at radius 3 is 1.30 bits per heavy atom. The summed E-state index contributed by atoms with van der Waals surface area (Å²) in [7, 11) is 6.83. The van der Waals surface area contributed by atoms with Crippen molar-refractivity contribution in [3.63, 3.8) is 0 Å². The molecule has 3 unspecified atom stereocenters. The third kappa shape index (κ3) is 28.7. The van der Waals surface area contributed by atoms with Gasteiger partial charge in [0, 0.05) is 136 Å². The molecule has 0 saturated carbocycles. The number of benzene rings is 8. The smallest absolute Gasteiger partial charge is 0 e. The molecule has 8 aliphatic rings. The van der Waals surface area contributed by atoms with E-state index in [-0.39, 0.29) is 166 Å². The van der Waals surface area contributed by atoms with Gasteiger partial charge in [0.25, 0.3) is 0 Å². The Morgan fingerprint density at radius 2 is 0.910 bits per heavy atom. The zero-order valence-corrected chi connectivity index (χ0v) is 96.4. The van der Waals surface area contributed by atoms with Crippen molar-refractivity contribution in [2.75, 3.05) is 108 Å². The van der Waals surface area contributed by atoms with Crippen molar-refractivity contribution in [1.29, 1.82) is 0 Å². The van der Waals surface area contributed by atoms with Gasteiger partial charge in [0.1, 0.15) is 78.9 Å². The van der Waals surface area contributed by atoms with Crippen LogP contribution in [0.5, 0.6) is 34.5 Å². The van der Waals surface area contributed by atoms with Crippen molar-refractivity contribution < 1.29 is 164 Å². The topological polar surface area (TPSA) is 280 Å². The Labute approximate surface area is 927 Å². The van der Waals surface area contributed by atoms with E-state index in [2.05, 4.69) is 124 Å². The molecule has 1 aliphatic carbocycles. The fraction of sp³-hybridized carbons (Fsp3) is 0.427. The molecule has 144 heavy (non-hydrogen) atoms. The number of aldehydes is 1. The predicted molar refractivity (Wildman–Crippen MR) is 566 cm³/mol. The first kappa shape index (κ1) is 122. The summed E-state index contributed by atoms with van der Waals surface area (Å²) in [6.07, 6.45) is 18.5. The predicted octanol–water partition coefficient (Wildman–Crippen LogP) is 24.9. The number of ether oxygens (including phenoxy) is 15. The summed E-state index contributed by atoms with van der Waals surface area (Å²) in [4.78, 5) is 49.6. The SMILES string of the molecule is COC(=O)c1ccc(OCCOC2CCCCO2)c(F)c1-c1c(Cl)c(F)cc2c1[C@H](C)[C@@](C=O)(c1ccccc1)O2.COC(=O)c1ccc(OCCOC2CCCCO2)c(F)c1-c1c(Cl)c(F)cc2c1[C@H](C)[C@@](CO)(c1ccccc1)O2.COC(=O)c1ccc(OCCOC2CCCCO2)c(F)c1Br.C[C-](I)I.C[C@H]1c2c(cc(F)c(Cl)c2B2OC(C)(C)C(C)(C)O2)O[C@]1(CO)C1=CC=C[C+]=C1.C[N-]C.[I][V][I].[V]. The van der Waals surface area contributed by atoms with Gasteiger partial charge in [-0.3, -0.25) is 4.79 Å². The van der Waals surface area contributed by atoms with E-state index in [1.54, 1.807) is 94.7 Å². The van der Waals surface area contributed by atoms with Crippen LogP contribution in [0, 0.1) is 42.9 Å². The number of rotatable bonds is 27. The molecule has 4 fully saturated rings. The van der Waals surface area contributed by atoms with Gasteiger partial charge in [-0.05, 0) is 143 Å². The van der Waals surface area contributed by atoms with E-state index >= 15 is 17.6 Å². The number of hydrogen-bond acceptors (Lipinski definition) is 23. The van der Waals surface area contributed by atoms with Gasteiger partial charge in [0.15, 0.2) is 71.1 Å². The number of nitrogens with zero attached hydrogens (tertiary/aromatic N) is 1. The minimum absolute atomic E-state index is 0. The van der Waals surface area contributed by atoms with Crippen LogP contribution < -0.4 is 33.9 Å². The second-order valence-corrected chi connectivity index (χ2v) is 53.3. The first-order valence-electron chi connectivity index (χ1n) is 45.6. The summed E-state index contributed by atoms with van der Waals surface area (Å²) in [6, 6.07) is 29.2. The van der Waals surface area contributed by atoms with Crippen molar-refractivity contribution in [3.8, 4) is 56.8 Å². The monoisotopic (exact) mass is 2650 g/mol. The van der Waals surface area contributed by atoms with Crippen LogP contribution in [0.4, 0.5) is 26.3 Å². The average Bonchev–Trinajstić information content (AvgIpc) is 1.58. The maximum absolute atomic E-state index is 16.3. The summed E-state index contributed by atoms with van der Waals surface area (Å²) in [5, 5.41) is 23.5. The number of aliphatic hydroxyl groups excluding tert-OH is 2. The Bertz CT molecular complexity index is 5770. The van der Waals surface area contributed by atoms with Gasteiger partial charge >= 0.3 is 74.4 Å². The van der Waals surface area contributed by atoms with Crippen LogP contribution in [-0.4, -0.2) is 185 Å². The summed E-state index contributed by atoms with van der Waals surface area (Å²) >= 11 is 31.7.